The number of imidazole rings is 1. The largest absolute Gasteiger partial charge is 0.457 e. The maximum Gasteiger partial charge on any atom is 0.127 e. The molecule has 1 atom stereocenters. The van der Waals surface area contributed by atoms with Crippen molar-refractivity contribution in [2.75, 3.05) is 0 Å². The van der Waals surface area contributed by atoms with Gasteiger partial charge in [0.25, 0.3) is 0 Å². The zero-order valence-corrected chi connectivity index (χ0v) is 17.5. The second-order valence-electron chi connectivity index (χ2n) is 7.63. The van der Waals surface area contributed by atoms with Crippen molar-refractivity contribution in [2.45, 2.75) is 33.2 Å². The van der Waals surface area contributed by atoms with Gasteiger partial charge in [-0.25, -0.2) is 9.37 Å². The summed E-state index contributed by atoms with van der Waals surface area (Å²) >= 11 is 0. The van der Waals surface area contributed by atoms with E-state index in [1.807, 2.05) is 30.6 Å². The van der Waals surface area contributed by atoms with Crippen LogP contribution in [0.4, 0.5) is 4.39 Å². The minimum absolute atomic E-state index is 0.193. The van der Waals surface area contributed by atoms with Gasteiger partial charge in [0, 0.05) is 24.9 Å². The summed E-state index contributed by atoms with van der Waals surface area (Å²) in [6, 6.07) is 20.4. The second kappa shape index (κ2) is 8.54. The van der Waals surface area contributed by atoms with Gasteiger partial charge in [-0.15, -0.1) is 0 Å². The third-order valence-corrected chi connectivity index (χ3v) is 5.55. The Hall–Kier alpha value is -3.40. The fourth-order valence-electron chi connectivity index (χ4n) is 3.76. The fraction of sp³-hybridized carbons (Fsp3) is 0.192. The predicted octanol–water partition coefficient (Wildman–Crippen LogP) is 6.63. The number of aryl methyl sites for hydroxylation is 1. The lowest BCUT2D eigenvalue weighted by atomic mass is 9.93. The normalized spacial score (nSPS) is 12.0. The number of nitrogens with zero attached hydrogens (tertiary/aromatic N) is 2. The number of benzene rings is 3. The monoisotopic (exact) mass is 400 g/mol. The van der Waals surface area contributed by atoms with Gasteiger partial charge in [0.2, 0.25) is 0 Å². The maximum atomic E-state index is 13.1. The van der Waals surface area contributed by atoms with Gasteiger partial charge in [0.1, 0.15) is 23.1 Å². The van der Waals surface area contributed by atoms with Crippen molar-refractivity contribution < 1.29 is 9.13 Å². The Morgan fingerprint density at radius 3 is 2.53 bits per heavy atom. The second-order valence-corrected chi connectivity index (χ2v) is 7.63. The Morgan fingerprint density at radius 1 is 0.967 bits per heavy atom. The summed E-state index contributed by atoms with van der Waals surface area (Å²) in [6.07, 6.45) is 3.88. The van der Waals surface area contributed by atoms with E-state index in [9.17, 15) is 4.39 Å². The number of halogens is 1. The van der Waals surface area contributed by atoms with Crippen LogP contribution in [0.5, 0.6) is 11.5 Å². The molecular formula is C26H25FN2O. The van der Waals surface area contributed by atoms with E-state index >= 15 is 0 Å². The minimum Gasteiger partial charge on any atom is -0.457 e. The number of ether oxygens (including phenoxy) is 1. The molecule has 3 aromatic carbocycles. The van der Waals surface area contributed by atoms with Crippen molar-refractivity contribution in [2.24, 2.45) is 0 Å². The Balaban J connectivity index is 1.55. The third kappa shape index (κ3) is 4.28. The third-order valence-electron chi connectivity index (χ3n) is 5.55. The predicted molar refractivity (Wildman–Crippen MR) is 118 cm³/mol. The van der Waals surface area contributed by atoms with E-state index in [1.54, 1.807) is 12.1 Å². The molecule has 0 radical (unpaired) electrons. The highest BCUT2D eigenvalue weighted by atomic mass is 19.1. The van der Waals surface area contributed by atoms with Crippen LogP contribution in [0.25, 0.3) is 0 Å². The molecular weight excluding hydrogens is 375 g/mol. The molecule has 0 saturated carbocycles. The molecule has 0 fully saturated rings. The van der Waals surface area contributed by atoms with Crippen LogP contribution in [0, 0.1) is 19.7 Å². The van der Waals surface area contributed by atoms with E-state index in [0.29, 0.717) is 12.3 Å². The molecule has 4 aromatic rings. The van der Waals surface area contributed by atoms with E-state index in [2.05, 4.69) is 54.6 Å². The molecule has 0 spiro atoms. The Labute approximate surface area is 176 Å². The minimum atomic E-state index is -0.276. The van der Waals surface area contributed by atoms with Crippen LogP contribution in [-0.2, 0) is 6.54 Å². The Bertz CT molecular complexity index is 1150. The van der Waals surface area contributed by atoms with Crippen LogP contribution >= 0.6 is 0 Å². The molecule has 1 heterocycles. The van der Waals surface area contributed by atoms with Gasteiger partial charge in [-0.05, 0) is 72.5 Å². The topological polar surface area (TPSA) is 27.1 Å². The van der Waals surface area contributed by atoms with E-state index < -0.39 is 0 Å². The average Bonchev–Trinajstić information content (AvgIpc) is 3.20. The Morgan fingerprint density at radius 2 is 1.73 bits per heavy atom. The van der Waals surface area contributed by atoms with E-state index in [-0.39, 0.29) is 11.7 Å². The molecule has 30 heavy (non-hydrogen) atoms. The van der Waals surface area contributed by atoms with E-state index in [1.165, 1.54) is 28.8 Å². The molecule has 0 unspecified atom stereocenters. The van der Waals surface area contributed by atoms with Gasteiger partial charge >= 0.3 is 0 Å². The highest BCUT2D eigenvalue weighted by Crippen LogP contribution is 2.28. The van der Waals surface area contributed by atoms with Gasteiger partial charge in [0.05, 0.1) is 0 Å². The zero-order valence-electron chi connectivity index (χ0n) is 17.5. The zero-order chi connectivity index (χ0) is 21.1. The smallest absolute Gasteiger partial charge is 0.127 e. The number of hydrogen-bond acceptors (Lipinski definition) is 2. The Kier molecular flexibility index (Phi) is 5.66. The van der Waals surface area contributed by atoms with Crippen LogP contribution in [0.2, 0.25) is 0 Å². The fourth-order valence-corrected chi connectivity index (χ4v) is 3.76. The molecule has 0 bridgehead atoms. The molecule has 0 aliphatic carbocycles. The van der Waals surface area contributed by atoms with Crippen molar-refractivity contribution in [3.8, 4) is 11.5 Å². The summed E-state index contributed by atoms with van der Waals surface area (Å²) in [5.74, 6) is 2.29. The lowest BCUT2D eigenvalue weighted by Gasteiger charge is -2.18. The summed E-state index contributed by atoms with van der Waals surface area (Å²) < 4.78 is 21.2. The summed E-state index contributed by atoms with van der Waals surface area (Å²) in [6.45, 7) is 7.22. The lowest BCUT2D eigenvalue weighted by Crippen LogP contribution is -2.10. The first kappa shape index (κ1) is 19.9. The van der Waals surface area contributed by atoms with Gasteiger partial charge in [0.15, 0.2) is 0 Å². The molecule has 0 N–H and O–H groups in total. The van der Waals surface area contributed by atoms with Crippen LogP contribution in [0.1, 0.15) is 40.9 Å². The molecule has 1 aromatic heterocycles. The van der Waals surface area contributed by atoms with E-state index in [4.69, 9.17) is 4.74 Å². The molecule has 0 saturated heterocycles. The number of hydrogen-bond donors (Lipinski definition) is 0. The first-order chi connectivity index (χ1) is 14.5. The highest BCUT2D eigenvalue weighted by Gasteiger charge is 2.17. The van der Waals surface area contributed by atoms with Crippen molar-refractivity contribution in [3.05, 3.63) is 113 Å². The van der Waals surface area contributed by atoms with Gasteiger partial charge in [-0.2, -0.15) is 0 Å². The van der Waals surface area contributed by atoms with Crippen LogP contribution < -0.4 is 4.74 Å². The van der Waals surface area contributed by atoms with Crippen molar-refractivity contribution in [1.82, 2.24) is 9.55 Å². The molecule has 0 aliphatic rings. The lowest BCUT2D eigenvalue weighted by molar-refractivity contribution is 0.479. The summed E-state index contributed by atoms with van der Waals surface area (Å²) in [7, 11) is 0. The standard InChI is InChI=1S/C26H25FN2O/c1-18-6-4-9-25(19(18)2)20(3)26-28-14-15-29(26)17-21-7-5-8-24(16-21)30-23-12-10-22(27)11-13-23/h4-16,20H,17H2,1-3H3/t20-/m0/s1. The maximum absolute atomic E-state index is 13.1. The van der Waals surface area contributed by atoms with Crippen LogP contribution in [0.15, 0.2) is 79.1 Å². The summed E-state index contributed by atoms with van der Waals surface area (Å²) in [5, 5.41) is 0. The molecule has 0 amide bonds. The SMILES string of the molecule is Cc1cccc([C@H](C)c2nccn2Cc2cccc(Oc3ccc(F)cc3)c2)c1C. The molecule has 4 rings (SSSR count). The van der Waals surface area contributed by atoms with Gasteiger partial charge in [-0.1, -0.05) is 37.3 Å². The van der Waals surface area contributed by atoms with Crippen molar-refractivity contribution in [3.63, 3.8) is 0 Å². The van der Waals surface area contributed by atoms with Gasteiger partial charge < -0.3 is 9.30 Å². The summed E-state index contributed by atoms with van der Waals surface area (Å²) in [4.78, 5) is 4.65. The van der Waals surface area contributed by atoms with Crippen LogP contribution in [0.3, 0.4) is 0 Å². The van der Waals surface area contributed by atoms with Crippen molar-refractivity contribution in [1.29, 1.82) is 0 Å². The van der Waals surface area contributed by atoms with E-state index in [0.717, 1.165) is 17.1 Å². The average molecular weight is 400 g/mol. The first-order valence-electron chi connectivity index (χ1n) is 10.1. The number of aromatic nitrogens is 2. The summed E-state index contributed by atoms with van der Waals surface area (Å²) in [5.41, 5.74) is 5.02. The highest BCUT2D eigenvalue weighted by molar-refractivity contribution is 5.38. The van der Waals surface area contributed by atoms with Crippen molar-refractivity contribution >= 4 is 0 Å². The number of rotatable bonds is 6. The molecule has 152 valence electrons. The quantitative estimate of drug-likeness (QED) is 0.363. The van der Waals surface area contributed by atoms with Crippen LogP contribution in [-0.4, -0.2) is 9.55 Å². The first-order valence-corrected chi connectivity index (χ1v) is 10.1. The molecule has 4 heteroatoms. The van der Waals surface area contributed by atoms with Gasteiger partial charge in [-0.3, -0.25) is 0 Å². The molecule has 3 nitrogen and oxygen atoms in total. The molecule has 0 aliphatic heterocycles.